The number of thioether (sulfide) groups is 1. The fourth-order valence-electron chi connectivity index (χ4n) is 1.07. The van der Waals surface area contributed by atoms with E-state index in [0.717, 1.165) is 0 Å². The molecule has 0 aliphatic rings. The Morgan fingerprint density at radius 3 is 2.80 bits per heavy atom. The quantitative estimate of drug-likeness (QED) is 0.684. The highest BCUT2D eigenvalue weighted by Crippen LogP contribution is 2.11. The van der Waals surface area contributed by atoms with E-state index in [1.54, 1.807) is 24.9 Å². The Balaban J connectivity index is 2.46. The lowest BCUT2D eigenvalue weighted by Crippen LogP contribution is -2.36. The molecule has 0 bridgehead atoms. The zero-order valence-corrected chi connectivity index (χ0v) is 9.71. The smallest absolute Gasteiger partial charge is 0.144 e. The molecule has 6 heteroatoms. The van der Waals surface area contributed by atoms with E-state index >= 15 is 0 Å². The second-order valence-electron chi connectivity index (χ2n) is 3.61. The Hall–Kier alpha value is -1.01. The third kappa shape index (κ3) is 4.35. The van der Waals surface area contributed by atoms with Crippen LogP contribution in [0.1, 0.15) is 6.92 Å². The van der Waals surface area contributed by atoms with E-state index in [0.29, 0.717) is 23.9 Å². The third-order valence-corrected chi connectivity index (χ3v) is 2.69. The number of nitrogens with zero attached hydrogens (tertiary/aromatic N) is 2. The summed E-state index contributed by atoms with van der Waals surface area (Å²) in [6.07, 6.45) is 4.98. The fourth-order valence-corrected chi connectivity index (χ4v) is 1.80. The van der Waals surface area contributed by atoms with Gasteiger partial charge in [0.05, 0.1) is 18.0 Å². The van der Waals surface area contributed by atoms with Crippen LogP contribution in [0.2, 0.25) is 0 Å². The summed E-state index contributed by atoms with van der Waals surface area (Å²) in [5.74, 6) is 1.67. The minimum atomic E-state index is -0.748. The van der Waals surface area contributed by atoms with E-state index in [1.165, 1.54) is 6.20 Å². The molecule has 0 aromatic carbocycles. The Kier molecular flexibility index (Phi) is 4.16. The van der Waals surface area contributed by atoms with Gasteiger partial charge in [0.15, 0.2) is 0 Å². The van der Waals surface area contributed by atoms with Crippen molar-refractivity contribution in [3.8, 4) is 0 Å². The molecule has 0 radical (unpaired) electrons. The molecule has 0 spiro atoms. The Labute approximate surface area is 93.5 Å². The van der Waals surface area contributed by atoms with Gasteiger partial charge in [0, 0.05) is 12.3 Å². The molecule has 1 rings (SSSR count). The van der Waals surface area contributed by atoms with Gasteiger partial charge < -0.3 is 16.2 Å². The topological polar surface area (TPSA) is 84.1 Å². The third-order valence-electron chi connectivity index (χ3n) is 1.78. The number of anilines is 2. The van der Waals surface area contributed by atoms with Gasteiger partial charge in [-0.15, -0.1) is 0 Å². The van der Waals surface area contributed by atoms with Crippen molar-refractivity contribution in [3.05, 3.63) is 12.4 Å². The molecule has 0 aliphatic heterocycles. The largest absolute Gasteiger partial charge is 0.387 e. The molecular formula is C9H16N4OS. The summed E-state index contributed by atoms with van der Waals surface area (Å²) in [5.41, 5.74) is 4.65. The van der Waals surface area contributed by atoms with E-state index in [2.05, 4.69) is 15.3 Å². The molecule has 0 amide bonds. The normalized spacial score (nSPS) is 14.6. The Morgan fingerprint density at radius 1 is 1.53 bits per heavy atom. The van der Waals surface area contributed by atoms with Gasteiger partial charge >= 0.3 is 0 Å². The minimum absolute atomic E-state index is 0.386. The number of hydrogen-bond acceptors (Lipinski definition) is 6. The van der Waals surface area contributed by atoms with Crippen molar-refractivity contribution in [2.24, 2.45) is 0 Å². The van der Waals surface area contributed by atoms with Gasteiger partial charge in [-0.3, -0.25) is 0 Å². The molecule has 0 saturated carbocycles. The Bertz CT molecular complexity index is 301. The molecule has 5 nitrogen and oxygen atoms in total. The molecule has 1 unspecified atom stereocenters. The summed E-state index contributed by atoms with van der Waals surface area (Å²) in [7, 11) is 0. The lowest BCUT2D eigenvalue weighted by Gasteiger charge is -2.22. The van der Waals surface area contributed by atoms with Crippen LogP contribution in [0, 0.1) is 0 Å². The highest BCUT2D eigenvalue weighted by atomic mass is 32.2. The summed E-state index contributed by atoms with van der Waals surface area (Å²) in [4.78, 5) is 7.92. The summed E-state index contributed by atoms with van der Waals surface area (Å²) < 4.78 is 0. The summed E-state index contributed by atoms with van der Waals surface area (Å²) in [6, 6.07) is 0. The van der Waals surface area contributed by atoms with Gasteiger partial charge in [0.2, 0.25) is 0 Å². The Morgan fingerprint density at radius 2 is 2.27 bits per heavy atom. The van der Waals surface area contributed by atoms with Crippen molar-refractivity contribution in [1.82, 2.24) is 9.97 Å². The summed E-state index contributed by atoms with van der Waals surface area (Å²) in [5, 5.41) is 12.9. The molecule has 15 heavy (non-hydrogen) atoms. The van der Waals surface area contributed by atoms with Crippen LogP contribution < -0.4 is 11.1 Å². The molecule has 0 saturated heterocycles. The maximum absolute atomic E-state index is 9.87. The first-order chi connectivity index (χ1) is 7.03. The predicted octanol–water partition coefficient (Wildman–Crippen LogP) is 0.585. The lowest BCUT2D eigenvalue weighted by molar-refractivity contribution is 0.0996. The highest BCUT2D eigenvalue weighted by Gasteiger charge is 2.19. The first-order valence-corrected chi connectivity index (χ1v) is 5.95. The van der Waals surface area contributed by atoms with E-state index in [9.17, 15) is 5.11 Å². The standard InChI is InChI=1S/C9H16N4OS/c1-9(14,6-15-2)5-13-8-4-11-7(10)3-12-8/h3-4,14H,5-6H2,1-2H3,(H2,10,11)(H,12,13). The highest BCUT2D eigenvalue weighted by molar-refractivity contribution is 7.98. The van der Waals surface area contributed by atoms with Gasteiger partial charge in [0.1, 0.15) is 11.6 Å². The van der Waals surface area contributed by atoms with Gasteiger partial charge in [0.25, 0.3) is 0 Å². The van der Waals surface area contributed by atoms with Crippen molar-refractivity contribution in [2.75, 3.05) is 29.6 Å². The number of nitrogens with one attached hydrogen (secondary N) is 1. The van der Waals surface area contributed by atoms with Crippen LogP contribution in [0.25, 0.3) is 0 Å². The van der Waals surface area contributed by atoms with E-state index in [-0.39, 0.29) is 0 Å². The van der Waals surface area contributed by atoms with Gasteiger partial charge in [-0.05, 0) is 13.2 Å². The molecule has 1 heterocycles. The van der Waals surface area contributed by atoms with E-state index in [4.69, 9.17) is 5.73 Å². The zero-order valence-electron chi connectivity index (χ0n) is 8.90. The number of aliphatic hydroxyl groups is 1. The number of aromatic nitrogens is 2. The predicted molar refractivity (Wildman–Crippen MR) is 63.9 cm³/mol. The van der Waals surface area contributed by atoms with Crippen LogP contribution in [0.4, 0.5) is 11.6 Å². The molecule has 1 aromatic heterocycles. The van der Waals surface area contributed by atoms with E-state index in [1.807, 2.05) is 6.26 Å². The number of nitrogens with two attached hydrogens (primary N) is 1. The molecular weight excluding hydrogens is 212 g/mol. The van der Waals surface area contributed by atoms with Crippen molar-refractivity contribution in [1.29, 1.82) is 0 Å². The maximum Gasteiger partial charge on any atom is 0.144 e. The second-order valence-corrected chi connectivity index (χ2v) is 4.48. The first-order valence-electron chi connectivity index (χ1n) is 4.56. The number of hydrogen-bond donors (Lipinski definition) is 3. The number of rotatable bonds is 5. The molecule has 84 valence electrons. The van der Waals surface area contributed by atoms with Crippen LogP contribution in [0.3, 0.4) is 0 Å². The van der Waals surface area contributed by atoms with Crippen molar-refractivity contribution < 1.29 is 5.11 Å². The lowest BCUT2D eigenvalue weighted by atomic mass is 10.1. The average Bonchev–Trinajstić information content (AvgIpc) is 2.17. The summed E-state index contributed by atoms with van der Waals surface area (Å²) >= 11 is 1.60. The van der Waals surface area contributed by atoms with E-state index < -0.39 is 5.60 Å². The molecule has 1 aromatic rings. The SMILES string of the molecule is CSCC(C)(O)CNc1cnc(N)cn1. The fraction of sp³-hybridized carbons (Fsp3) is 0.556. The molecule has 0 aliphatic carbocycles. The second kappa shape index (κ2) is 5.18. The molecule has 0 fully saturated rings. The number of nitrogen functional groups attached to an aromatic ring is 1. The summed E-state index contributed by atoms with van der Waals surface area (Å²) in [6.45, 7) is 2.22. The maximum atomic E-state index is 9.87. The van der Waals surface area contributed by atoms with Crippen LogP contribution in [0.15, 0.2) is 12.4 Å². The monoisotopic (exact) mass is 228 g/mol. The first kappa shape index (κ1) is 12.1. The van der Waals surface area contributed by atoms with Crippen molar-refractivity contribution >= 4 is 23.4 Å². The molecule has 1 atom stereocenters. The zero-order chi connectivity index (χ0) is 11.3. The van der Waals surface area contributed by atoms with Crippen molar-refractivity contribution in [3.63, 3.8) is 0 Å². The average molecular weight is 228 g/mol. The van der Waals surface area contributed by atoms with Crippen molar-refractivity contribution in [2.45, 2.75) is 12.5 Å². The minimum Gasteiger partial charge on any atom is -0.387 e. The van der Waals surface area contributed by atoms with Crippen LogP contribution in [-0.4, -0.2) is 39.2 Å². The van der Waals surface area contributed by atoms with Gasteiger partial charge in [-0.25, -0.2) is 9.97 Å². The van der Waals surface area contributed by atoms with Gasteiger partial charge in [-0.1, -0.05) is 0 Å². The molecule has 4 N–H and O–H groups in total. The van der Waals surface area contributed by atoms with Gasteiger partial charge in [-0.2, -0.15) is 11.8 Å². The van der Waals surface area contributed by atoms with Crippen LogP contribution in [0.5, 0.6) is 0 Å². The van der Waals surface area contributed by atoms with Crippen LogP contribution in [-0.2, 0) is 0 Å². The van der Waals surface area contributed by atoms with Crippen LogP contribution >= 0.6 is 11.8 Å².